The maximum absolute atomic E-state index is 14.0. The van der Waals surface area contributed by atoms with E-state index in [1.807, 2.05) is 0 Å². The summed E-state index contributed by atoms with van der Waals surface area (Å²) < 4.78 is 5.06. The zero-order valence-corrected chi connectivity index (χ0v) is 20.2. The highest BCUT2D eigenvalue weighted by Crippen LogP contribution is 2.54. The molecule has 3 amide bonds. The van der Waals surface area contributed by atoms with Crippen LogP contribution in [0.3, 0.4) is 0 Å². The van der Waals surface area contributed by atoms with Crippen LogP contribution in [-0.2, 0) is 31.1 Å². The molecule has 6 rings (SSSR count). The summed E-state index contributed by atoms with van der Waals surface area (Å²) in [6.07, 6.45) is 0.213. The standard InChI is InChI=1S/C28H23N3O7/c1-14(32)38-17-9-7-16(8-10-17)31-25(35)23-20(12-15-6-11-21(33)22(34)13-15)30-28(24(23)26(31)36)18-4-2-3-5-19(18)29-27(28)37/h2-11,13,20,23-24,30,33-34H,12H2,1H3,(H,29,37)/t20-,23-,24-,28+/m0/s1. The lowest BCUT2D eigenvalue weighted by atomic mass is 9.76. The van der Waals surface area contributed by atoms with Gasteiger partial charge in [0.2, 0.25) is 17.7 Å². The summed E-state index contributed by atoms with van der Waals surface area (Å²) in [6, 6.07) is 16.8. The molecular formula is C28H23N3O7. The summed E-state index contributed by atoms with van der Waals surface area (Å²) in [5, 5.41) is 25.9. The molecule has 38 heavy (non-hydrogen) atoms. The maximum Gasteiger partial charge on any atom is 0.308 e. The number of imide groups is 1. The first-order valence-electron chi connectivity index (χ1n) is 12.1. The third kappa shape index (κ3) is 3.37. The number of nitrogens with zero attached hydrogens (tertiary/aromatic N) is 1. The number of para-hydroxylation sites is 1. The second-order valence-electron chi connectivity index (χ2n) is 9.69. The van der Waals surface area contributed by atoms with Crippen LogP contribution in [-0.4, -0.2) is 39.9 Å². The number of carbonyl (C=O) groups is 4. The number of carbonyl (C=O) groups excluding carboxylic acids is 4. The van der Waals surface area contributed by atoms with Crippen LogP contribution in [0, 0.1) is 11.8 Å². The molecule has 2 saturated heterocycles. The molecule has 0 aromatic heterocycles. The number of phenols is 2. The third-order valence-electron chi connectivity index (χ3n) is 7.47. The molecule has 2 fully saturated rings. The van der Waals surface area contributed by atoms with Crippen LogP contribution >= 0.6 is 0 Å². The van der Waals surface area contributed by atoms with Crippen LogP contribution in [0.4, 0.5) is 11.4 Å². The lowest BCUT2D eigenvalue weighted by Gasteiger charge is -2.29. The average molecular weight is 514 g/mol. The minimum absolute atomic E-state index is 0.213. The number of ether oxygens (including phenoxy) is 1. The molecule has 0 radical (unpaired) electrons. The molecule has 3 aliphatic rings. The molecule has 0 bridgehead atoms. The number of aromatic hydroxyl groups is 2. The minimum Gasteiger partial charge on any atom is -0.504 e. The Morgan fingerprint density at radius 3 is 2.42 bits per heavy atom. The molecule has 3 heterocycles. The van der Waals surface area contributed by atoms with Gasteiger partial charge in [-0.05, 0) is 54.4 Å². The highest BCUT2D eigenvalue weighted by atomic mass is 16.5. The lowest BCUT2D eigenvalue weighted by molar-refractivity contribution is -0.132. The van der Waals surface area contributed by atoms with Gasteiger partial charge >= 0.3 is 5.97 Å². The molecule has 3 aromatic rings. The molecule has 4 N–H and O–H groups in total. The van der Waals surface area contributed by atoms with E-state index in [9.17, 15) is 29.4 Å². The summed E-state index contributed by atoms with van der Waals surface area (Å²) in [7, 11) is 0. The van der Waals surface area contributed by atoms with Gasteiger partial charge in [0.05, 0.1) is 17.5 Å². The van der Waals surface area contributed by atoms with Gasteiger partial charge in [0.15, 0.2) is 11.5 Å². The zero-order chi connectivity index (χ0) is 26.8. The second-order valence-corrected chi connectivity index (χ2v) is 9.69. The van der Waals surface area contributed by atoms with Gasteiger partial charge in [0.25, 0.3) is 0 Å². The average Bonchev–Trinajstić information content (AvgIpc) is 3.46. The number of anilines is 2. The maximum atomic E-state index is 14.0. The van der Waals surface area contributed by atoms with Gasteiger partial charge in [-0.25, -0.2) is 4.90 Å². The zero-order valence-electron chi connectivity index (χ0n) is 20.2. The normalized spacial score (nSPS) is 25.4. The molecule has 1 spiro atoms. The van der Waals surface area contributed by atoms with Crippen LogP contribution in [0.1, 0.15) is 18.1 Å². The Balaban J connectivity index is 1.44. The van der Waals surface area contributed by atoms with Gasteiger partial charge in [0, 0.05) is 24.2 Å². The van der Waals surface area contributed by atoms with Crippen molar-refractivity contribution < 1.29 is 34.1 Å². The Labute approximate surface area is 216 Å². The predicted octanol–water partition coefficient (Wildman–Crippen LogP) is 2.19. The van der Waals surface area contributed by atoms with E-state index in [1.165, 1.54) is 43.3 Å². The van der Waals surface area contributed by atoms with Crippen LogP contribution < -0.4 is 20.3 Å². The van der Waals surface area contributed by atoms with Gasteiger partial charge in [-0.15, -0.1) is 0 Å². The van der Waals surface area contributed by atoms with Crippen molar-refractivity contribution in [2.75, 3.05) is 10.2 Å². The first-order valence-corrected chi connectivity index (χ1v) is 12.1. The fourth-order valence-corrected chi connectivity index (χ4v) is 5.97. The molecule has 10 nitrogen and oxygen atoms in total. The number of nitrogens with one attached hydrogen (secondary N) is 2. The van der Waals surface area contributed by atoms with Crippen molar-refractivity contribution in [2.24, 2.45) is 11.8 Å². The summed E-state index contributed by atoms with van der Waals surface area (Å²) in [5.41, 5.74) is 0.600. The van der Waals surface area contributed by atoms with Gasteiger partial charge in [-0.1, -0.05) is 24.3 Å². The van der Waals surface area contributed by atoms with Crippen molar-refractivity contribution in [1.82, 2.24) is 5.32 Å². The van der Waals surface area contributed by atoms with Crippen molar-refractivity contribution in [1.29, 1.82) is 0 Å². The van der Waals surface area contributed by atoms with Crippen molar-refractivity contribution in [3.63, 3.8) is 0 Å². The van der Waals surface area contributed by atoms with E-state index >= 15 is 0 Å². The van der Waals surface area contributed by atoms with Gasteiger partial charge in [-0.3, -0.25) is 24.5 Å². The van der Waals surface area contributed by atoms with E-state index in [4.69, 9.17) is 4.74 Å². The molecule has 0 saturated carbocycles. The molecule has 3 aliphatic heterocycles. The lowest BCUT2D eigenvalue weighted by Crippen LogP contribution is -2.53. The quantitative estimate of drug-likeness (QED) is 0.180. The number of fused-ring (bicyclic) bond motifs is 4. The number of hydrogen-bond acceptors (Lipinski definition) is 8. The number of hydrogen-bond donors (Lipinski definition) is 4. The first kappa shape index (κ1) is 23.7. The van der Waals surface area contributed by atoms with Crippen molar-refractivity contribution >= 4 is 35.1 Å². The van der Waals surface area contributed by atoms with Crippen LogP contribution in [0.15, 0.2) is 66.7 Å². The van der Waals surface area contributed by atoms with Crippen molar-refractivity contribution in [3.05, 3.63) is 77.9 Å². The highest BCUT2D eigenvalue weighted by Gasteiger charge is 2.70. The largest absolute Gasteiger partial charge is 0.504 e. The summed E-state index contributed by atoms with van der Waals surface area (Å²) in [4.78, 5) is 53.8. The van der Waals surface area contributed by atoms with Crippen molar-refractivity contribution in [2.45, 2.75) is 24.9 Å². The van der Waals surface area contributed by atoms with Gasteiger partial charge < -0.3 is 20.3 Å². The number of esters is 1. The molecule has 192 valence electrons. The fraction of sp³-hybridized carbons (Fsp3) is 0.214. The molecular weight excluding hydrogens is 490 g/mol. The van der Waals surface area contributed by atoms with Crippen molar-refractivity contribution in [3.8, 4) is 17.2 Å². The Kier molecular flexibility index (Phi) is 5.25. The Hall–Kier alpha value is -4.70. The smallest absolute Gasteiger partial charge is 0.308 e. The Morgan fingerprint density at radius 2 is 1.71 bits per heavy atom. The SMILES string of the molecule is CC(=O)Oc1ccc(N2C(=O)[C@H]3[C@H](Cc4ccc(O)c(O)c4)N[C@@]4(C(=O)Nc5ccccc54)[C@@H]3C2=O)cc1. The fourth-order valence-electron chi connectivity index (χ4n) is 5.97. The summed E-state index contributed by atoms with van der Waals surface area (Å²) in [5.74, 6) is -4.12. The monoisotopic (exact) mass is 513 g/mol. The highest BCUT2D eigenvalue weighted by molar-refractivity contribution is 6.25. The van der Waals surface area contributed by atoms with Gasteiger partial charge in [-0.2, -0.15) is 0 Å². The molecule has 0 aliphatic carbocycles. The van der Waals surface area contributed by atoms with E-state index in [2.05, 4.69) is 10.6 Å². The van der Waals surface area contributed by atoms with Crippen LogP contribution in [0.5, 0.6) is 17.2 Å². The minimum atomic E-state index is -1.47. The predicted molar refractivity (Wildman–Crippen MR) is 134 cm³/mol. The second kappa shape index (κ2) is 8.42. The number of phenolic OH excluding ortho intramolecular Hbond substituents is 2. The van der Waals surface area contributed by atoms with E-state index in [-0.39, 0.29) is 23.7 Å². The summed E-state index contributed by atoms with van der Waals surface area (Å²) in [6.45, 7) is 1.27. The van der Waals surface area contributed by atoms with E-state index in [1.54, 1.807) is 30.3 Å². The molecule has 10 heteroatoms. The van der Waals surface area contributed by atoms with Crippen LogP contribution in [0.2, 0.25) is 0 Å². The molecule has 0 unspecified atom stereocenters. The molecule has 3 aromatic carbocycles. The topological polar surface area (TPSA) is 145 Å². The number of amides is 3. The summed E-state index contributed by atoms with van der Waals surface area (Å²) >= 11 is 0. The first-order chi connectivity index (χ1) is 18.2. The van der Waals surface area contributed by atoms with E-state index in [0.29, 0.717) is 22.5 Å². The molecule has 4 atom stereocenters. The van der Waals surface area contributed by atoms with E-state index < -0.39 is 47.1 Å². The third-order valence-corrected chi connectivity index (χ3v) is 7.47. The van der Waals surface area contributed by atoms with Gasteiger partial charge in [0.1, 0.15) is 11.3 Å². The Bertz CT molecular complexity index is 1520. The Morgan fingerprint density at radius 1 is 0.974 bits per heavy atom. The van der Waals surface area contributed by atoms with E-state index in [0.717, 1.165) is 4.90 Å². The van der Waals surface area contributed by atoms with Crippen LogP contribution in [0.25, 0.3) is 0 Å². The number of benzene rings is 3. The number of rotatable bonds is 4.